The van der Waals surface area contributed by atoms with Gasteiger partial charge in [-0.05, 0) is 42.5 Å². The average molecular weight is 404 g/mol. The number of nitrogens with zero attached hydrogens (tertiary/aromatic N) is 5. The predicted molar refractivity (Wildman–Crippen MR) is 114 cm³/mol. The minimum atomic E-state index is 0.143. The number of fused-ring (bicyclic) bond motifs is 1. The summed E-state index contributed by atoms with van der Waals surface area (Å²) in [6.07, 6.45) is 7.27. The van der Waals surface area contributed by atoms with E-state index in [9.17, 15) is 4.79 Å². The molecule has 4 aromatic heterocycles. The van der Waals surface area contributed by atoms with E-state index in [1.54, 1.807) is 6.20 Å². The van der Waals surface area contributed by atoms with Crippen LogP contribution in [0, 0.1) is 0 Å². The molecule has 1 aliphatic rings. The highest BCUT2D eigenvalue weighted by Crippen LogP contribution is 2.33. The van der Waals surface area contributed by atoms with Crippen LogP contribution in [0.15, 0.2) is 54.4 Å². The molecule has 1 aliphatic heterocycles. The monoisotopic (exact) mass is 403 g/mol. The van der Waals surface area contributed by atoms with E-state index in [0.29, 0.717) is 5.92 Å². The lowest BCUT2D eigenvalue weighted by molar-refractivity contribution is 0.0717. The van der Waals surface area contributed by atoms with E-state index in [1.807, 2.05) is 58.7 Å². The molecule has 0 aliphatic carbocycles. The molecule has 5 heterocycles. The van der Waals surface area contributed by atoms with E-state index in [2.05, 4.69) is 16.0 Å². The summed E-state index contributed by atoms with van der Waals surface area (Å²) in [4.78, 5) is 29.2. The molecule has 5 rings (SSSR count). The standard InChI is InChI=1S/C22H21N5OS/c1-26-14-24-21-18(26)12-17(25-20(21)16-4-2-8-23-13-16)15-6-9-27(10-7-15)22(28)19-5-3-11-29-19/h2-5,8,11-15H,6-7,9-10H2,1H3. The number of aryl methyl sites for hydroxylation is 1. The maximum atomic E-state index is 12.6. The molecule has 0 atom stereocenters. The Morgan fingerprint density at radius 2 is 2.07 bits per heavy atom. The predicted octanol–water partition coefficient (Wildman–Crippen LogP) is 4.11. The lowest BCUT2D eigenvalue weighted by Gasteiger charge is -2.31. The number of hydrogen-bond donors (Lipinski definition) is 0. The fourth-order valence-corrected chi connectivity index (χ4v) is 4.69. The maximum absolute atomic E-state index is 12.6. The van der Waals surface area contributed by atoms with Crippen molar-refractivity contribution >= 4 is 28.3 Å². The first-order valence-corrected chi connectivity index (χ1v) is 10.6. The fourth-order valence-electron chi connectivity index (χ4n) is 3.99. The first-order valence-electron chi connectivity index (χ1n) is 9.76. The number of piperidine rings is 1. The zero-order chi connectivity index (χ0) is 19.8. The van der Waals surface area contributed by atoms with Crippen molar-refractivity contribution in [3.05, 3.63) is 65.0 Å². The molecule has 0 spiro atoms. The van der Waals surface area contributed by atoms with Crippen LogP contribution in [-0.4, -0.2) is 43.4 Å². The van der Waals surface area contributed by atoms with Gasteiger partial charge in [-0.25, -0.2) is 4.98 Å². The van der Waals surface area contributed by atoms with Crippen molar-refractivity contribution < 1.29 is 4.79 Å². The van der Waals surface area contributed by atoms with Crippen molar-refractivity contribution in [2.75, 3.05) is 13.1 Å². The van der Waals surface area contributed by atoms with Crippen LogP contribution in [0.3, 0.4) is 0 Å². The number of hydrogen-bond acceptors (Lipinski definition) is 5. The Hall–Kier alpha value is -3.06. The molecule has 0 N–H and O–H groups in total. The quantitative estimate of drug-likeness (QED) is 0.516. The van der Waals surface area contributed by atoms with Crippen LogP contribution in [0.4, 0.5) is 0 Å². The van der Waals surface area contributed by atoms with Crippen LogP contribution in [0.1, 0.15) is 34.1 Å². The van der Waals surface area contributed by atoms with Crippen molar-refractivity contribution in [3.8, 4) is 11.3 Å². The van der Waals surface area contributed by atoms with Gasteiger partial charge in [-0.2, -0.15) is 0 Å². The summed E-state index contributed by atoms with van der Waals surface area (Å²) in [5.41, 5.74) is 4.90. The molecule has 0 radical (unpaired) electrons. The van der Waals surface area contributed by atoms with Gasteiger partial charge in [-0.3, -0.25) is 14.8 Å². The number of rotatable bonds is 3. The Bertz CT molecular complexity index is 1140. The van der Waals surface area contributed by atoms with E-state index < -0.39 is 0 Å². The van der Waals surface area contributed by atoms with Gasteiger partial charge in [0.15, 0.2) is 0 Å². The van der Waals surface area contributed by atoms with Crippen molar-refractivity contribution in [2.24, 2.45) is 7.05 Å². The lowest BCUT2D eigenvalue weighted by Crippen LogP contribution is -2.37. The van der Waals surface area contributed by atoms with E-state index in [0.717, 1.165) is 58.8 Å². The van der Waals surface area contributed by atoms with Gasteiger partial charge in [0.1, 0.15) is 5.52 Å². The van der Waals surface area contributed by atoms with Crippen molar-refractivity contribution in [3.63, 3.8) is 0 Å². The zero-order valence-electron chi connectivity index (χ0n) is 16.2. The molecule has 6 nitrogen and oxygen atoms in total. The third-order valence-corrected chi connectivity index (χ3v) is 6.46. The Labute approximate surface area is 172 Å². The zero-order valence-corrected chi connectivity index (χ0v) is 17.0. The lowest BCUT2D eigenvalue weighted by atomic mass is 9.92. The Morgan fingerprint density at radius 1 is 1.21 bits per heavy atom. The van der Waals surface area contributed by atoms with Gasteiger partial charge < -0.3 is 9.47 Å². The summed E-state index contributed by atoms with van der Waals surface area (Å²) >= 11 is 1.51. The largest absolute Gasteiger partial charge is 0.338 e. The van der Waals surface area contributed by atoms with Crippen LogP contribution in [0.2, 0.25) is 0 Å². The highest BCUT2D eigenvalue weighted by Gasteiger charge is 2.27. The highest BCUT2D eigenvalue weighted by atomic mass is 32.1. The van der Waals surface area contributed by atoms with Gasteiger partial charge in [0, 0.05) is 49.7 Å². The van der Waals surface area contributed by atoms with Gasteiger partial charge in [0.05, 0.1) is 22.4 Å². The molecule has 0 aromatic carbocycles. The van der Waals surface area contributed by atoms with E-state index in [4.69, 9.17) is 4.98 Å². The van der Waals surface area contributed by atoms with E-state index >= 15 is 0 Å². The SMILES string of the molecule is Cn1cnc2c(-c3cccnc3)nc(C3CCN(C(=O)c4cccs4)CC3)cc21. The van der Waals surface area contributed by atoms with Gasteiger partial charge in [0.25, 0.3) is 5.91 Å². The smallest absolute Gasteiger partial charge is 0.263 e. The molecule has 146 valence electrons. The maximum Gasteiger partial charge on any atom is 0.263 e. The van der Waals surface area contributed by atoms with Crippen LogP contribution in [0.25, 0.3) is 22.3 Å². The second kappa shape index (κ2) is 7.40. The van der Waals surface area contributed by atoms with Crippen molar-refractivity contribution in [2.45, 2.75) is 18.8 Å². The van der Waals surface area contributed by atoms with E-state index in [-0.39, 0.29) is 5.91 Å². The molecule has 29 heavy (non-hydrogen) atoms. The van der Waals surface area contributed by atoms with Gasteiger partial charge in [-0.15, -0.1) is 11.3 Å². The second-order valence-corrected chi connectivity index (χ2v) is 8.35. The van der Waals surface area contributed by atoms with E-state index in [1.165, 1.54) is 11.3 Å². The van der Waals surface area contributed by atoms with Crippen LogP contribution in [0.5, 0.6) is 0 Å². The number of likely N-dealkylation sites (tertiary alicyclic amines) is 1. The van der Waals surface area contributed by atoms with Crippen molar-refractivity contribution in [1.29, 1.82) is 0 Å². The number of thiophene rings is 1. The molecular weight excluding hydrogens is 382 g/mol. The first kappa shape index (κ1) is 18.0. The molecule has 7 heteroatoms. The first-order chi connectivity index (χ1) is 14.2. The number of imidazole rings is 1. The van der Waals surface area contributed by atoms with Gasteiger partial charge in [0.2, 0.25) is 0 Å². The normalized spacial score (nSPS) is 15.1. The molecule has 4 aromatic rings. The molecular formula is C22H21N5OS. The minimum Gasteiger partial charge on any atom is -0.338 e. The molecule has 1 amide bonds. The molecule has 1 saturated heterocycles. The Kier molecular flexibility index (Phi) is 4.60. The molecule has 0 unspecified atom stereocenters. The van der Waals surface area contributed by atoms with Crippen molar-refractivity contribution in [1.82, 2.24) is 24.4 Å². The summed E-state index contributed by atoms with van der Waals surface area (Å²) in [5.74, 6) is 0.474. The van der Waals surface area contributed by atoms with Crippen LogP contribution < -0.4 is 0 Å². The summed E-state index contributed by atoms with van der Waals surface area (Å²) in [6.45, 7) is 1.52. The topological polar surface area (TPSA) is 63.9 Å². The number of pyridine rings is 2. The number of carbonyl (C=O) groups excluding carboxylic acids is 1. The summed E-state index contributed by atoms with van der Waals surface area (Å²) in [5, 5.41) is 1.95. The Morgan fingerprint density at radius 3 is 2.79 bits per heavy atom. The fraction of sp³-hybridized carbons (Fsp3) is 0.273. The Balaban J connectivity index is 1.44. The number of amides is 1. The third-order valence-electron chi connectivity index (χ3n) is 5.60. The third kappa shape index (κ3) is 3.31. The number of aromatic nitrogens is 4. The second-order valence-electron chi connectivity index (χ2n) is 7.40. The highest BCUT2D eigenvalue weighted by molar-refractivity contribution is 7.12. The molecule has 0 bridgehead atoms. The minimum absolute atomic E-state index is 0.143. The average Bonchev–Trinajstić information content (AvgIpc) is 3.44. The molecule has 0 saturated carbocycles. The van der Waals surface area contributed by atoms with Gasteiger partial charge >= 0.3 is 0 Å². The summed E-state index contributed by atoms with van der Waals surface area (Å²) in [6, 6.07) is 9.93. The summed E-state index contributed by atoms with van der Waals surface area (Å²) < 4.78 is 2.04. The molecule has 1 fully saturated rings. The van der Waals surface area contributed by atoms with Crippen LogP contribution >= 0.6 is 11.3 Å². The summed E-state index contributed by atoms with van der Waals surface area (Å²) in [7, 11) is 2.01. The van der Waals surface area contributed by atoms with Crippen LogP contribution in [-0.2, 0) is 7.05 Å². The number of carbonyl (C=O) groups is 1. The van der Waals surface area contributed by atoms with Gasteiger partial charge in [-0.1, -0.05) is 6.07 Å².